The Bertz CT molecular complexity index is 698. The fourth-order valence-electron chi connectivity index (χ4n) is 3.43. The van der Waals surface area contributed by atoms with E-state index in [2.05, 4.69) is 36.4 Å². The second-order valence-electron chi connectivity index (χ2n) is 8.91. The maximum Gasteiger partial charge on any atom is 0.410 e. The number of rotatable bonds is 7. The number of nitrogens with zero attached hydrogens (tertiary/aromatic N) is 3. The zero-order valence-corrected chi connectivity index (χ0v) is 23.1. The third-order valence-electron chi connectivity index (χ3n) is 5.03. The van der Waals surface area contributed by atoms with Crippen molar-refractivity contribution in [2.75, 3.05) is 32.7 Å². The standard InChI is InChI=1S/C22H39N5O2S.HI/c1-7-23-20(25-13-11-19-26-16(2)17(3)30-19)24-12-10-18-9-8-14-27(15-18)21(28)29-22(4,5)6;/h18H,7-15H2,1-6H3,(H2,23,24,25);1H. The van der Waals surface area contributed by atoms with E-state index in [1.54, 1.807) is 11.3 Å². The highest BCUT2D eigenvalue weighted by atomic mass is 127. The highest BCUT2D eigenvalue weighted by Crippen LogP contribution is 2.21. The van der Waals surface area contributed by atoms with Gasteiger partial charge in [0.05, 0.1) is 10.7 Å². The van der Waals surface area contributed by atoms with Gasteiger partial charge in [-0.25, -0.2) is 9.78 Å². The molecule has 2 heterocycles. The summed E-state index contributed by atoms with van der Waals surface area (Å²) >= 11 is 1.77. The number of aliphatic imine (C=N–C) groups is 1. The number of carbonyl (C=O) groups is 1. The third-order valence-corrected chi connectivity index (χ3v) is 6.16. The van der Waals surface area contributed by atoms with Gasteiger partial charge in [-0.15, -0.1) is 35.3 Å². The lowest BCUT2D eigenvalue weighted by Crippen LogP contribution is -2.43. The molecular weight excluding hydrogens is 525 g/mol. The first-order chi connectivity index (χ1) is 14.2. The van der Waals surface area contributed by atoms with Gasteiger partial charge in [-0.2, -0.15) is 0 Å². The monoisotopic (exact) mass is 565 g/mol. The molecule has 1 atom stereocenters. The van der Waals surface area contributed by atoms with Crippen LogP contribution < -0.4 is 10.6 Å². The maximum absolute atomic E-state index is 12.3. The molecule has 1 aromatic rings. The Morgan fingerprint density at radius 2 is 2.06 bits per heavy atom. The minimum absolute atomic E-state index is 0. The van der Waals surface area contributed by atoms with Gasteiger partial charge in [0, 0.05) is 44.0 Å². The lowest BCUT2D eigenvalue weighted by Gasteiger charge is -2.34. The molecule has 7 nitrogen and oxygen atoms in total. The number of aryl methyl sites for hydroxylation is 2. The first kappa shape index (κ1) is 27.9. The summed E-state index contributed by atoms with van der Waals surface area (Å²) in [5.41, 5.74) is 0.681. The fourth-order valence-corrected chi connectivity index (χ4v) is 4.36. The molecule has 1 unspecified atom stereocenters. The molecule has 1 amide bonds. The molecule has 2 rings (SSSR count). The molecule has 1 fully saturated rings. The largest absolute Gasteiger partial charge is 0.444 e. The molecule has 1 aromatic heterocycles. The number of hydrogen-bond acceptors (Lipinski definition) is 5. The molecule has 0 aromatic carbocycles. The molecule has 1 aliphatic rings. The first-order valence-corrected chi connectivity index (χ1v) is 11.9. The van der Waals surface area contributed by atoms with Crippen LogP contribution in [0.1, 0.15) is 62.5 Å². The van der Waals surface area contributed by atoms with Crippen molar-refractivity contribution in [3.05, 3.63) is 15.6 Å². The van der Waals surface area contributed by atoms with E-state index in [1.807, 2.05) is 25.7 Å². The number of hydrogen-bond donors (Lipinski definition) is 2. The predicted octanol–water partition coefficient (Wildman–Crippen LogP) is 4.51. The van der Waals surface area contributed by atoms with E-state index in [0.29, 0.717) is 5.92 Å². The molecule has 0 saturated carbocycles. The molecule has 9 heteroatoms. The molecule has 0 radical (unpaired) electrons. The van der Waals surface area contributed by atoms with Crippen LogP contribution in [0.25, 0.3) is 0 Å². The van der Waals surface area contributed by atoms with Crippen LogP contribution in [0.15, 0.2) is 4.99 Å². The van der Waals surface area contributed by atoms with Gasteiger partial charge in [0.15, 0.2) is 5.96 Å². The van der Waals surface area contributed by atoms with E-state index in [-0.39, 0.29) is 30.1 Å². The van der Waals surface area contributed by atoms with Crippen LogP contribution >= 0.6 is 35.3 Å². The Morgan fingerprint density at radius 3 is 2.68 bits per heavy atom. The van der Waals surface area contributed by atoms with Crippen molar-refractivity contribution < 1.29 is 9.53 Å². The summed E-state index contributed by atoms with van der Waals surface area (Å²) in [5.74, 6) is 1.32. The Balaban J connectivity index is 0.00000480. The SMILES string of the molecule is CCNC(=NCCC1CCCN(C(=O)OC(C)(C)C)C1)NCCc1nc(C)c(C)s1.I. The smallest absolute Gasteiger partial charge is 0.410 e. The van der Waals surface area contributed by atoms with Crippen molar-refractivity contribution in [2.45, 2.75) is 72.8 Å². The van der Waals surface area contributed by atoms with E-state index >= 15 is 0 Å². The lowest BCUT2D eigenvalue weighted by molar-refractivity contribution is 0.0163. The van der Waals surface area contributed by atoms with Gasteiger partial charge >= 0.3 is 6.09 Å². The van der Waals surface area contributed by atoms with Gasteiger partial charge in [-0.3, -0.25) is 4.99 Å². The van der Waals surface area contributed by atoms with Crippen molar-refractivity contribution in [3.8, 4) is 0 Å². The third kappa shape index (κ3) is 10.4. The van der Waals surface area contributed by atoms with E-state index in [4.69, 9.17) is 9.73 Å². The average molecular weight is 566 g/mol. The number of amides is 1. The van der Waals surface area contributed by atoms with Crippen molar-refractivity contribution in [1.29, 1.82) is 0 Å². The minimum atomic E-state index is -0.448. The summed E-state index contributed by atoms with van der Waals surface area (Å²) in [6, 6.07) is 0. The van der Waals surface area contributed by atoms with Crippen LogP contribution in [0.5, 0.6) is 0 Å². The van der Waals surface area contributed by atoms with Gasteiger partial charge in [0.1, 0.15) is 5.60 Å². The highest BCUT2D eigenvalue weighted by molar-refractivity contribution is 14.0. The summed E-state index contributed by atoms with van der Waals surface area (Å²) < 4.78 is 5.52. The molecule has 178 valence electrons. The average Bonchev–Trinajstić information content (AvgIpc) is 2.98. The second kappa shape index (κ2) is 13.4. The number of halogens is 1. The van der Waals surface area contributed by atoms with Crippen molar-refractivity contribution in [1.82, 2.24) is 20.5 Å². The van der Waals surface area contributed by atoms with Crippen LogP contribution in [0.4, 0.5) is 4.79 Å². The number of nitrogens with one attached hydrogen (secondary N) is 2. The highest BCUT2D eigenvalue weighted by Gasteiger charge is 2.27. The number of aromatic nitrogens is 1. The summed E-state index contributed by atoms with van der Waals surface area (Å²) in [4.78, 5) is 24.8. The Hall–Kier alpha value is -1.10. The van der Waals surface area contributed by atoms with Crippen molar-refractivity contribution >= 4 is 47.4 Å². The molecular formula is C22H40IN5O2S. The summed E-state index contributed by atoms with van der Waals surface area (Å²) in [6.07, 6.45) is 3.84. The number of ether oxygens (including phenoxy) is 1. The van der Waals surface area contributed by atoms with Crippen LogP contribution in [-0.4, -0.2) is 60.3 Å². The van der Waals surface area contributed by atoms with Gasteiger partial charge in [0.25, 0.3) is 0 Å². The van der Waals surface area contributed by atoms with Crippen molar-refractivity contribution in [3.63, 3.8) is 0 Å². The van der Waals surface area contributed by atoms with Crippen LogP contribution in [0, 0.1) is 19.8 Å². The van der Waals surface area contributed by atoms with E-state index < -0.39 is 5.60 Å². The molecule has 0 aliphatic carbocycles. The predicted molar refractivity (Wildman–Crippen MR) is 140 cm³/mol. The topological polar surface area (TPSA) is 78.9 Å². The lowest BCUT2D eigenvalue weighted by atomic mass is 9.95. The first-order valence-electron chi connectivity index (χ1n) is 11.1. The Morgan fingerprint density at radius 1 is 1.32 bits per heavy atom. The zero-order chi connectivity index (χ0) is 22.1. The Kier molecular flexibility index (Phi) is 12.1. The summed E-state index contributed by atoms with van der Waals surface area (Å²) in [5, 5.41) is 7.89. The van der Waals surface area contributed by atoms with Gasteiger partial charge in [-0.05, 0) is 66.7 Å². The number of thiazole rings is 1. The molecule has 1 saturated heterocycles. The van der Waals surface area contributed by atoms with E-state index in [0.717, 1.165) is 75.1 Å². The fraction of sp³-hybridized carbons (Fsp3) is 0.773. The van der Waals surface area contributed by atoms with Gasteiger partial charge < -0.3 is 20.3 Å². The number of guanidine groups is 1. The maximum atomic E-state index is 12.3. The summed E-state index contributed by atoms with van der Waals surface area (Å²) in [6.45, 7) is 15.9. The number of carbonyl (C=O) groups excluding carboxylic acids is 1. The number of likely N-dealkylation sites (tertiary alicyclic amines) is 1. The van der Waals surface area contributed by atoms with E-state index in [9.17, 15) is 4.79 Å². The normalized spacial score (nSPS) is 17.2. The number of piperidine rings is 1. The zero-order valence-electron chi connectivity index (χ0n) is 19.9. The minimum Gasteiger partial charge on any atom is -0.444 e. The molecule has 0 spiro atoms. The van der Waals surface area contributed by atoms with Gasteiger partial charge in [0.2, 0.25) is 0 Å². The van der Waals surface area contributed by atoms with Crippen LogP contribution in [0.3, 0.4) is 0 Å². The Labute approximate surface area is 208 Å². The van der Waals surface area contributed by atoms with Crippen LogP contribution in [-0.2, 0) is 11.2 Å². The van der Waals surface area contributed by atoms with Crippen molar-refractivity contribution in [2.24, 2.45) is 10.9 Å². The molecule has 31 heavy (non-hydrogen) atoms. The van der Waals surface area contributed by atoms with E-state index in [1.165, 1.54) is 4.88 Å². The van der Waals surface area contributed by atoms with Gasteiger partial charge in [-0.1, -0.05) is 0 Å². The van der Waals surface area contributed by atoms with Crippen LogP contribution in [0.2, 0.25) is 0 Å². The second-order valence-corrected chi connectivity index (χ2v) is 10.2. The summed E-state index contributed by atoms with van der Waals surface area (Å²) in [7, 11) is 0. The molecule has 2 N–H and O–H groups in total. The molecule has 0 bridgehead atoms. The molecule has 1 aliphatic heterocycles. The quantitative estimate of drug-likeness (QED) is 0.289.